The number of nitro benzene ring substituents is 1. The number of carbonyl (C=O) groups excluding carboxylic acids is 1. The van der Waals surface area contributed by atoms with Crippen LogP contribution in [0.3, 0.4) is 0 Å². The van der Waals surface area contributed by atoms with E-state index < -0.39 is 4.92 Å². The number of fused-ring (bicyclic) bond motifs is 1. The van der Waals surface area contributed by atoms with E-state index in [2.05, 4.69) is 15.4 Å². The van der Waals surface area contributed by atoms with Crippen LogP contribution >= 0.6 is 11.6 Å². The second-order valence-electron chi connectivity index (χ2n) is 7.18. The Morgan fingerprint density at radius 2 is 2.13 bits per heavy atom. The number of hydrogen-bond donors (Lipinski definition) is 1. The Labute approximate surface area is 183 Å². The molecule has 3 rings (SSSR count). The van der Waals surface area contributed by atoms with Crippen molar-refractivity contribution in [2.45, 2.75) is 12.8 Å². The third kappa shape index (κ3) is 5.28. The number of benzene rings is 1. The second kappa shape index (κ2) is 9.71. The lowest BCUT2D eigenvalue weighted by molar-refractivity contribution is -0.384. The first-order chi connectivity index (χ1) is 14.8. The van der Waals surface area contributed by atoms with E-state index in [4.69, 9.17) is 16.3 Å². The van der Waals surface area contributed by atoms with E-state index in [1.807, 2.05) is 19.0 Å². The number of non-ortho nitro benzene ring substituents is 1. The summed E-state index contributed by atoms with van der Waals surface area (Å²) in [4.78, 5) is 29.2. The molecule has 164 valence electrons. The zero-order valence-corrected chi connectivity index (χ0v) is 18.2. The number of carbonyl (C=O) groups is 1. The number of nitro groups is 1. The predicted molar refractivity (Wildman–Crippen MR) is 117 cm³/mol. The number of aromatic nitrogens is 3. The van der Waals surface area contributed by atoms with E-state index in [-0.39, 0.29) is 28.9 Å². The Morgan fingerprint density at radius 3 is 2.81 bits per heavy atom. The fraction of sp³-hybridized carbons (Fsp3) is 0.350. The monoisotopic (exact) mass is 446 g/mol. The first-order valence-corrected chi connectivity index (χ1v) is 9.95. The van der Waals surface area contributed by atoms with Gasteiger partial charge < -0.3 is 15.0 Å². The molecule has 0 unspecified atom stereocenters. The molecular weight excluding hydrogens is 424 g/mol. The third-order valence-electron chi connectivity index (χ3n) is 4.64. The van der Waals surface area contributed by atoms with E-state index in [1.54, 1.807) is 23.0 Å². The summed E-state index contributed by atoms with van der Waals surface area (Å²) in [5.74, 6) is 0.113. The van der Waals surface area contributed by atoms with E-state index in [1.165, 1.54) is 19.2 Å². The zero-order valence-electron chi connectivity index (χ0n) is 17.5. The van der Waals surface area contributed by atoms with E-state index in [9.17, 15) is 14.9 Å². The molecule has 0 bridgehead atoms. The number of ether oxygens (including phenoxy) is 1. The largest absolute Gasteiger partial charge is 0.494 e. The lowest BCUT2D eigenvalue weighted by Gasteiger charge is -2.10. The molecule has 2 aromatic heterocycles. The second-order valence-corrected chi connectivity index (χ2v) is 7.57. The maximum absolute atomic E-state index is 12.4. The molecule has 0 aliphatic carbocycles. The average Bonchev–Trinajstić information content (AvgIpc) is 3.07. The fourth-order valence-electron chi connectivity index (χ4n) is 3.15. The van der Waals surface area contributed by atoms with Gasteiger partial charge in [0, 0.05) is 30.3 Å². The molecule has 0 spiro atoms. The molecule has 11 heteroatoms. The van der Waals surface area contributed by atoms with Gasteiger partial charge in [-0.1, -0.05) is 11.6 Å². The Morgan fingerprint density at radius 1 is 1.35 bits per heavy atom. The molecule has 10 nitrogen and oxygen atoms in total. The Hall–Kier alpha value is -3.24. The van der Waals surface area contributed by atoms with Crippen LogP contribution in [-0.4, -0.2) is 64.8 Å². The van der Waals surface area contributed by atoms with Gasteiger partial charge in [-0.25, -0.2) is 9.67 Å². The normalized spacial score (nSPS) is 11.1. The number of halogens is 1. The Bertz CT molecular complexity index is 1110. The number of rotatable bonds is 9. The van der Waals surface area contributed by atoms with Crippen LogP contribution in [-0.2, 0) is 11.2 Å². The number of pyridine rings is 1. The summed E-state index contributed by atoms with van der Waals surface area (Å²) in [6.07, 6.45) is 2.46. The van der Waals surface area contributed by atoms with Gasteiger partial charge in [0.05, 0.1) is 35.7 Å². The summed E-state index contributed by atoms with van der Waals surface area (Å²) in [6.45, 7) is 1.44. The van der Waals surface area contributed by atoms with Crippen molar-refractivity contribution in [3.63, 3.8) is 0 Å². The van der Waals surface area contributed by atoms with Crippen LogP contribution in [0.1, 0.15) is 12.1 Å². The SMILES string of the molecule is COc1cc([N+](=O)[O-])ccc1-n1nc(CC(=O)NCCCN(C)C)c2cnc(Cl)cc21. The van der Waals surface area contributed by atoms with Crippen molar-refractivity contribution in [2.24, 2.45) is 0 Å². The molecule has 2 heterocycles. The Balaban J connectivity index is 1.94. The molecule has 0 fully saturated rings. The van der Waals surface area contributed by atoms with Gasteiger partial charge in [-0.2, -0.15) is 5.10 Å². The summed E-state index contributed by atoms with van der Waals surface area (Å²) in [7, 11) is 5.38. The summed E-state index contributed by atoms with van der Waals surface area (Å²) in [5, 5.41) is 19.5. The van der Waals surface area contributed by atoms with Crippen LogP contribution in [0.2, 0.25) is 5.15 Å². The average molecular weight is 447 g/mol. The fourth-order valence-corrected chi connectivity index (χ4v) is 3.31. The standard InChI is InChI=1S/C20H23ClN6O4/c1-25(2)8-4-7-22-20(28)10-15-14-12-23-19(21)11-17(14)26(24-15)16-6-5-13(27(29)30)9-18(16)31-3/h5-6,9,11-12H,4,7-8,10H2,1-3H3,(H,22,28). The molecule has 0 radical (unpaired) electrons. The van der Waals surface area contributed by atoms with E-state index in [0.717, 1.165) is 13.0 Å². The first-order valence-electron chi connectivity index (χ1n) is 9.57. The Kier molecular flexibility index (Phi) is 7.03. The van der Waals surface area contributed by atoms with Crippen LogP contribution in [0.4, 0.5) is 5.69 Å². The molecule has 31 heavy (non-hydrogen) atoms. The lowest BCUT2D eigenvalue weighted by Crippen LogP contribution is -2.28. The van der Waals surface area contributed by atoms with Crippen molar-refractivity contribution in [3.05, 3.63) is 51.4 Å². The minimum Gasteiger partial charge on any atom is -0.494 e. The molecule has 0 aliphatic rings. The van der Waals surface area contributed by atoms with Gasteiger partial charge in [-0.05, 0) is 33.1 Å². The smallest absolute Gasteiger partial charge is 0.273 e. The van der Waals surface area contributed by atoms with Gasteiger partial charge in [-0.15, -0.1) is 0 Å². The maximum atomic E-state index is 12.4. The molecule has 1 aromatic carbocycles. The molecule has 3 aromatic rings. The molecule has 0 aliphatic heterocycles. The van der Waals surface area contributed by atoms with Crippen molar-refractivity contribution >= 4 is 34.1 Å². The quantitative estimate of drug-likeness (QED) is 0.232. The molecule has 0 saturated carbocycles. The van der Waals surface area contributed by atoms with Crippen LogP contribution in [0.5, 0.6) is 5.75 Å². The molecular formula is C20H23ClN6O4. The topological polar surface area (TPSA) is 115 Å². The lowest BCUT2D eigenvalue weighted by atomic mass is 10.2. The molecule has 1 N–H and O–H groups in total. The van der Waals surface area contributed by atoms with Gasteiger partial charge in [0.2, 0.25) is 5.91 Å². The summed E-state index contributed by atoms with van der Waals surface area (Å²) in [6, 6.07) is 5.86. The van der Waals surface area contributed by atoms with Crippen LogP contribution in [0.15, 0.2) is 30.5 Å². The van der Waals surface area contributed by atoms with E-state index >= 15 is 0 Å². The van der Waals surface area contributed by atoms with E-state index in [0.29, 0.717) is 28.8 Å². The predicted octanol–water partition coefficient (Wildman–Crippen LogP) is 2.60. The zero-order chi connectivity index (χ0) is 22.5. The number of nitrogens with zero attached hydrogens (tertiary/aromatic N) is 5. The summed E-state index contributed by atoms with van der Waals surface area (Å²) < 4.78 is 6.90. The van der Waals surface area contributed by atoms with Gasteiger partial charge in [-0.3, -0.25) is 14.9 Å². The van der Waals surface area contributed by atoms with Crippen LogP contribution < -0.4 is 10.1 Å². The van der Waals surface area contributed by atoms with Crippen molar-refractivity contribution < 1.29 is 14.5 Å². The highest BCUT2D eigenvalue weighted by molar-refractivity contribution is 6.30. The number of methoxy groups -OCH3 is 1. The van der Waals surface area contributed by atoms with Crippen molar-refractivity contribution in [3.8, 4) is 11.4 Å². The van der Waals surface area contributed by atoms with Gasteiger partial charge in [0.25, 0.3) is 5.69 Å². The molecule has 0 saturated heterocycles. The number of amides is 1. The van der Waals surface area contributed by atoms with Gasteiger partial charge in [0.1, 0.15) is 10.8 Å². The summed E-state index contributed by atoms with van der Waals surface area (Å²) in [5.41, 5.74) is 1.51. The number of nitrogens with one attached hydrogen (secondary N) is 1. The van der Waals surface area contributed by atoms with Crippen LogP contribution in [0.25, 0.3) is 16.6 Å². The first kappa shape index (κ1) is 22.4. The molecule has 1 amide bonds. The third-order valence-corrected chi connectivity index (χ3v) is 4.85. The maximum Gasteiger partial charge on any atom is 0.273 e. The van der Waals surface area contributed by atoms with Gasteiger partial charge >= 0.3 is 0 Å². The van der Waals surface area contributed by atoms with Crippen molar-refractivity contribution in [1.82, 2.24) is 25.0 Å². The molecule has 0 atom stereocenters. The minimum absolute atomic E-state index is 0.0596. The van der Waals surface area contributed by atoms with Crippen LogP contribution in [0, 0.1) is 10.1 Å². The highest BCUT2D eigenvalue weighted by Crippen LogP contribution is 2.31. The minimum atomic E-state index is -0.500. The number of hydrogen-bond acceptors (Lipinski definition) is 7. The van der Waals surface area contributed by atoms with Crippen molar-refractivity contribution in [1.29, 1.82) is 0 Å². The van der Waals surface area contributed by atoms with Gasteiger partial charge in [0.15, 0.2) is 5.75 Å². The highest BCUT2D eigenvalue weighted by atomic mass is 35.5. The summed E-state index contributed by atoms with van der Waals surface area (Å²) >= 11 is 6.09. The highest BCUT2D eigenvalue weighted by Gasteiger charge is 2.19. The van der Waals surface area contributed by atoms with Crippen molar-refractivity contribution in [2.75, 3.05) is 34.3 Å².